The lowest BCUT2D eigenvalue weighted by Crippen LogP contribution is -2.59. The molecular weight excluding hydrogens is 198 g/mol. The Morgan fingerprint density at radius 2 is 1.69 bits per heavy atom. The maximum absolute atomic E-state index is 6.05. The smallest absolute Gasteiger partial charge is 0.0330 e. The number of hydrogen-bond acceptors (Lipinski definition) is 3. The van der Waals surface area contributed by atoms with E-state index >= 15 is 0 Å². The van der Waals surface area contributed by atoms with Crippen LogP contribution >= 0.6 is 0 Å². The van der Waals surface area contributed by atoms with Crippen LogP contribution in [-0.2, 0) is 0 Å². The SMILES string of the molecule is CCCC(CC)(CN)N1CCN(CC)CC1. The molecule has 1 atom stereocenters. The molecule has 0 aliphatic carbocycles. The van der Waals surface area contributed by atoms with Gasteiger partial charge in [-0.3, -0.25) is 4.90 Å². The Morgan fingerprint density at radius 1 is 1.06 bits per heavy atom. The molecule has 0 bridgehead atoms. The lowest BCUT2D eigenvalue weighted by atomic mass is 9.88. The Hall–Kier alpha value is -0.120. The lowest BCUT2D eigenvalue weighted by molar-refractivity contribution is 0.0290. The molecule has 1 unspecified atom stereocenters. The summed E-state index contributed by atoms with van der Waals surface area (Å²) in [6, 6.07) is 0. The van der Waals surface area contributed by atoms with Crippen molar-refractivity contribution in [1.29, 1.82) is 0 Å². The molecule has 1 rings (SSSR count). The third-order valence-electron chi connectivity index (χ3n) is 4.24. The summed E-state index contributed by atoms with van der Waals surface area (Å²) in [7, 11) is 0. The molecule has 3 heteroatoms. The van der Waals surface area contributed by atoms with Gasteiger partial charge in [0, 0.05) is 38.3 Å². The van der Waals surface area contributed by atoms with Crippen molar-refractivity contribution in [3.63, 3.8) is 0 Å². The maximum atomic E-state index is 6.05. The fourth-order valence-corrected chi connectivity index (χ4v) is 2.94. The second-order valence-corrected chi connectivity index (χ2v) is 4.95. The first-order chi connectivity index (χ1) is 7.72. The minimum absolute atomic E-state index is 0.272. The van der Waals surface area contributed by atoms with Crippen molar-refractivity contribution in [3.05, 3.63) is 0 Å². The second kappa shape index (κ2) is 6.58. The predicted octanol–water partition coefficient (Wildman–Crippen LogP) is 1.53. The lowest BCUT2D eigenvalue weighted by Gasteiger charge is -2.47. The van der Waals surface area contributed by atoms with Gasteiger partial charge >= 0.3 is 0 Å². The van der Waals surface area contributed by atoms with E-state index in [4.69, 9.17) is 5.73 Å². The highest BCUT2D eigenvalue weighted by Crippen LogP contribution is 2.25. The van der Waals surface area contributed by atoms with Gasteiger partial charge in [-0.25, -0.2) is 0 Å². The first-order valence-corrected chi connectivity index (χ1v) is 6.89. The normalized spacial score (nSPS) is 23.2. The molecule has 0 aromatic rings. The van der Waals surface area contributed by atoms with Gasteiger partial charge in [0.25, 0.3) is 0 Å². The van der Waals surface area contributed by atoms with E-state index in [2.05, 4.69) is 30.6 Å². The molecule has 1 aliphatic heterocycles. The largest absolute Gasteiger partial charge is 0.329 e. The average molecular weight is 227 g/mol. The van der Waals surface area contributed by atoms with E-state index in [9.17, 15) is 0 Å². The highest BCUT2D eigenvalue weighted by molar-refractivity contribution is 4.92. The van der Waals surface area contributed by atoms with E-state index in [1.807, 2.05) is 0 Å². The van der Waals surface area contributed by atoms with Crippen LogP contribution in [0.15, 0.2) is 0 Å². The van der Waals surface area contributed by atoms with Crippen molar-refractivity contribution in [2.45, 2.75) is 45.6 Å². The Morgan fingerprint density at radius 3 is 2.06 bits per heavy atom. The van der Waals surface area contributed by atoms with E-state index in [0.29, 0.717) is 0 Å². The molecule has 0 aromatic carbocycles. The third kappa shape index (κ3) is 2.96. The van der Waals surface area contributed by atoms with Crippen LogP contribution in [0.5, 0.6) is 0 Å². The summed E-state index contributed by atoms with van der Waals surface area (Å²) in [5.41, 5.74) is 6.32. The topological polar surface area (TPSA) is 32.5 Å². The van der Waals surface area contributed by atoms with Gasteiger partial charge in [-0.1, -0.05) is 27.2 Å². The number of piperazine rings is 1. The van der Waals surface area contributed by atoms with E-state index < -0.39 is 0 Å². The Bertz CT molecular complexity index is 182. The standard InChI is InChI=1S/C13H29N3/c1-4-7-13(5-2,12-14)16-10-8-15(6-3)9-11-16/h4-12,14H2,1-3H3. The van der Waals surface area contributed by atoms with E-state index in [0.717, 1.165) is 6.54 Å². The van der Waals surface area contributed by atoms with Gasteiger partial charge in [0.05, 0.1) is 0 Å². The van der Waals surface area contributed by atoms with Crippen molar-refractivity contribution in [1.82, 2.24) is 9.80 Å². The summed E-state index contributed by atoms with van der Waals surface area (Å²) >= 11 is 0. The van der Waals surface area contributed by atoms with E-state index in [1.165, 1.54) is 52.0 Å². The first-order valence-electron chi connectivity index (χ1n) is 6.89. The number of hydrogen-bond donors (Lipinski definition) is 1. The molecule has 1 heterocycles. The van der Waals surface area contributed by atoms with Crippen LogP contribution in [-0.4, -0.2) is 54.6 Å². The van der Waals surface area contributed by atoms with Crippen molar-refractivity contribution in [2.75, 3.05) is 39.3 Å². The van der Waals surface area contributed by atoms with Gasteiger partial charge in [0.1, 0.15) is 0 Å². The maximum Gasteiger partial charge on any atom is 0.0330 e. The molecule has 0 aromatic heterocycles. The quantitative estimate of drug-likeness (QED) is 0.747. The van der Waals surface area contributed by atoms with Crippen molar-refractivity contribution in [3.8, 4) is 0 Å². The molecule has 0 saturated carbocycles. The van der Waals surface area contributed by atoms with Gasteiger partial charge in [0.2, 0.25) is 0 Å². The summed E-state index contributed by atoms with van der Waals surface area (Å²) in [6.07, 6.45) is 3.66. The molecule has 1 fully saturated rings. The first kappa shape index (κ1) is 13.9. The summed E-state index contributed by atoms with van der Waals surface area (Å²) in [5, 5.41) is 0. The van der Waals surface area contributed by atoms with Gasteiger partial charge in [-0.2, -0.15) is 0 Å². The summed E-state index contributed by atoms with van der Waals surface area (Å²) < 4.78 is 0. The highest BCUT2D eigenvalue weighted by atomic mass is 15.3. The number of rotatable bonds is 6. The Labute approximate surface area is 101 Å². The molecule has 96 valence electrons. The van der Waals surface area contributed by atoms with E-state index in [-0.39, 0.29) is 5.54 Å². The number of nitrogens with two attached hydrogens (primary N) is 1. The van der Waals surface area contributed by atoms with Gasteiger partial charge < -0.3 is 10.6 Å². The summed E-state index contributed by atoms with van der Waals surface area (Å²) in [6.45, 7) is 13.6. The molecule has 1 aliphatic rings. The van der Waals surface area contributed by atoms with Crippen molar-refractivity contribution >= 4 is 0 Å². The molecular formula is C13H29N3. The zero-order valence-electron chi connectivity index (χ0n) is 11.3. The van der Waals surface area contributed by atoms with Crippen molar-refractivity contribution < 1.29 is 0 Å². The third-order valence-corrected chi connectivity index (χ3v) is 4.24. The molecule has 0 amide bonds. The summed E-state index contributed by atoms with van der Waals surface area (Å²) in [4.78, 5) is 5.17. The fraction of sp³-hybridized carbons (Fsp3) is 1.00. The summed E-state index contributed by atoms with van der Waals surface area (Å²) in [5.74, 6) is 0. The average Bonchev–Trinajstić information content (AvgIpc) is 2.36. The van der Waals surface area contributed by atoms with Crippen LogP contribution in [0.3, 0.4) is 0 Å². The van der Waals surface area contributed by atoms with Crippen LogP contribution < -0.4 is 5.73 Å². The number of likely N-dealkylation sites (N-methyl/N-ethyl adjacent to an activating group) is 1. The predicted molar refractivity (Wildman–Crippen MR) is 70.7 cm³/mol. The van der Waals surface area contributed by atoms with Crippen LogP contribution in [0.1, 0.15) is 40.0 Å². The second-order valence-electron chi connectivity index (χ2n) is 4.95. The van der Waals surface area contributed by atoms with Crippen LogP contribution in [0.4, 0.5) is 0 Å². The number of nitrogens with zero attached hydrogens (tertiary/aromatic N) is 2. The van der Waals surface area contributed by atoms with Gasteiger partial charge in [0.15, 0.2) is 0 Å². The molecule has 0 spiro atoms. The molecule has 3 nitrogen and oxygen atoms in total. The molecule has 16 heavy (non-hydrogen) atoms. The van der Waals surface area contributed by atoms with Crippen LogP contribution in [0.25, 0.3) is 0 Å². The highest BCUT2D eigenvalue weighted by Gasteiger charge is 2.34. The Kier molecular flexibility index (Phi) is 5.73. The zero-order chi connectivity index (χ0) is 12.0. The van der Waals surface area contributed by atoms with E-state index in [1.54, 1.807) is 0 Å². The molecule has 0 radical (unpaired) electrons. The Balaban J connectivity index is 2.59. The molecule has 2 N–H and O–H groups in total. The monoisotopic (exact) mass is 227 g/mol. The van der Waals surface area contributed by atoms with Crippen molar-refractivity contribution in [2.24, 2.45) is 5.73 Å². The zero-order valence-corrected chi connectivity index (χ0v) is 11.3. The van der Waals surface area contributed by atoms with Gasteiger partial charge in [-0.15, -0.1) is 0 Å². The molecule has 1 saturated heterocycles. The van der Waals surface area contributed by atoms with Gasteiger partial charge in [-0.05, 0) is 19.4 Å². The fourth-order valence-electron chi connectivity index (χ4n) is 2.94. The van der Waals surface area contributed by atoms with Crippen LogP contribution in [0.2, 0.25) is 0 Å². The van der Waals surface area contributed by atoms with Crippen LogP contribution in [0, 0.1) is 0 Å². The minimum atomic E-state index is 0.272. The minimum Gasteiger partial charge on any atom is -0.329 e.